The van der Waals surface area contributed by atoms with Gasteiger partial charge in [0.25, 0.3) is 5.56 Å². The molecule has 0 fully saturated rings. The SMILES string of the molecule is O=c1/c(=C\c2cccc(OCc3ccc(Cl)cc3Cl)c2)sc2n1[C@@H](c1ccc(Br)cc1)C1=C(N=2)c2ccccc2CC1. The lowest BCUT2D eigenvalue weighted by Crippen LogP contribution is -2.38. The molecule has 42 heavy (non-hydrogen) atoms. The molecule has 0 saturated carbocycles. The Bertz CT molecular complexity index is 2060. The lowest BCUT2D eigenvalue weighted by Gasteiger charge is -2.30. The number of rotatable bonds is 5. The first-order valence-electron chi connectivity index (χ1n) is 13.5. The van der Waals surface area contributed by atoms with Gasteiger partial charge in [-0.15, -0.1) is 0 Å². The van der Waals surface area contributed by atoms with Crippen LogP contribution in [0.3, 0.4) is 0 Å². The monoisotopic (exact) mass is 672 g/mol. The molecule has 5 aromatic rings. The highest BCUT2D eigenvalue weighted by Gasteiger charge is 2.32. The molecule has 1 aliphatic heterocycles. The summed E-state index contributed by atoms with van der Waals surface area (Å²) in [7, 11) is 0. The number of thiazole rings is 1. The fourth-order valence-corrected chi connectivity index (χ4v) is 7.34. The van der Waals surface area contributed by atoms with Gasteiger partial charge in [0.2, 0.25) is 0 Å². The standard InChI is InChI=1S/C34H23BrCl2N2O2S/c35-24-12-8-22(9-13-24)32-28-15-11-21-5-1-2-7-27(21)31(28)38-34-39(32)33(40)30(42-34)17-20-4-3-6-26(16-20)41-19-23-10-14-25(36)18-29(23)37/h1-10,12-14,16-18,32H,11,15,19H2/b30-17+/t32-/m0/s1. The largest absolute Gasteiger partial charge is 0.489 e. The van der Waals surface area contributed by atoms with Gasteiger partial charge in [-0.05, 0) is 77.6 Å². The van der Waals surface area contributed by atoms with Crippen LogP contribution in [0, 0.1) is 0 Å². The van der Waals surface area contributed by atoms with E-state index in [0.29, 0.717) is 31.7 Å². The smallest absolute Gasteiger partial charge is 0.271 e. The Morgan fingerprint density at radius 1 is 0.976 bits per heavy atom. The molecule has 208 valence electrons. The maximum atomic E-state index is 14.0. The summed E-state index contributed by atoms with van der Waals surface area (Å²) < 4.78 is 9.53. The zero-order valence-corrected chi connectivity index (χ0v) is 26.1. The number of aryl methyl sites for hydroxylation is 1. The maximum absolute atomic E-state index is 14.0. The summed E-state index contributed by atoms with van der Waals surface area (Å²) in [4.78, 5) is 19.9. The number of benzene rings is 4. The van der Waals surface area contributed by atoms with Gasteiger partial charge in [-0.25, -0.2) is 4.99 Å². The summed E-state index contributed by atoms with van der Waals surface area (Å²) >= 11 is 17.3. The third kappa shape index (κ3) is 5.18. The van der Waals surface area contributed by atoms with Gasteiger partial charge in [0, 0.05) is 25.6 Å². The minimum absolute atomic E-state index is 0.0451. The topological polar surface area (TPSA) is 43.6 Å². The van der Waals surface area contributed by atoms with E-state index in [0.717, 1.165) is 45.3 Å². The van der Waals surface area contributed by atoms with Crippen molar-refractivity contribution in [3.8, 4) is 5.75 Å². The van der Waals surface area contributed by atoms with Gasteiger partial charge in [-0.3, -0.25) is 9.36 Å². The van der Waals surface area contributed by atoms with Gasteiger partial charge < -0.3 is 4.74 Å². The van der Waals surface area contributed by atoms with E-state index in [9.17, 15) is 4.79 Å². The molecule has 0 amide bonds. The average molecular weight is 674 g/mol. The van der Waals surface area contributed by atoms with E-state index in [4.69, 9.17) is 32.9 Å². The number of ether oxygens (including phenoxy) is 1. The van der Waals surface area contributed by atoms with Gasteiger partial charge >= 0.3 is 0 Å². The first-order chi connectivity index (χ1) is 20.4. The number of fused-ring (bicyclic) bond motifs is 3. The van der Waals surface area contributed by atoms with Crippen LogP contribution in [0.2, 0.25) is 10.0 Å². The molecule has 0 unspecified atom stereocenters. The molecule has 0 spiro atoms. The Morgan fingerprint density at radius 3 is 2.64 bits per heavy atom. The highest BCUT2D eigenvalue weighted by atomic mass is 79.9. The van der Waals surface area contributed by atoms with Crippen LogP contribution in [0.1, 0.15) is 40.3 Å². The maximum Gasteiger partial charge on any atom is 0.271 e. The van der Waals surface area contributed by atoms with Gasteiger partial charge in [-0.1, -0.05) is 105 Å². The molecule has 8 heteroatoms. The van der Waals surface area contributed by atoms with Crippen LogP contribution in [0.5, 0.6) is 5.75 Å². The minimum Gasteiger partial charge on any atom is -0.489 e. The predicted molar refractivity (Wildman–Crippen MR) is 174 cm³/mol. The van der Waals surface area contributed by atoms with Crippen molar-refractivity contribution in [1.82, 2.24) is 4.57 Å². The second-order valence-corrected chi connectivity index (χ2v) is 13.0. The fraction of sp³-hybridized carbons (Fsp3) is 0.118. The number of nitrogens with zero attached hydrogens (tertiary/aromatic N) is 2. The number of allylic oxidation sites excluding steroid dienone is 1. The number of hydrogen-bond acceptors (Lipinski definition) is 4. The zero-order valence-electron chi connectivity index (χ0n) is 22.2. The van der Waals surface area contributed by atoms with Crippen molar-refractivity contribution < 1.29 is 4.74 Å². The second kappa shape index (κ2) is 11.3. The Balaban J connectivity index is 1.30. The summed E-state index contributed by atoms with van der Waals surface area (Å²) in [5, 5.41) is 1.14. The zero-order chi connectivity index (χ0) is 28.8. The Morgan fingerprint density at radius 2 is 1.81 bits per heavy atom. The molecular formula is C34H23BrCl2N2O2S. The van der Waals surface area contributed by atoms with E-state index in [1.54, 1.807) is 12.1 Å². The van der Waals surface area contributed by atoms with Crippen LogP contribution in [-0.4, -0.2) is 4.57 Å². The van der Waals surface area contributed by atoms with Crippen molar-refractivity contribution in [1.29, 1.82) is 0 Å². The molecular weight excluding hydrogens is 651 g/mol. The second-order valence-electron chi connectivity index (χ2n) is 10.3. The van der Waals surface area contributed by atoms with E-state index >= 15 is 0 Å². The number of hydrogen-bond donors (Lipinski definition) is 0. The first-order valence-corrected chi connectivity index (χ1v) is 15.9. The molecule has 0 N–H and O–H groups in total. The van der Waals surface area contributed by atoms with Crippen LogP contribution in [-0.2, 0) is 13.0 Å². The van der Waals surface area contributed by atoms with Crippen molar-refractivity contribution >= 4 is 62.2 Å². The number of halogens is 3. The molecule has 4 aromatic carbocycles. The molecule has 0 radical (unpaired) electrons. The van der Waals surface area contributed by atoms with Crippen molar-refractivity contribution in [3.05, 3.63) is 159 Å². The third-order valence-corrected chi connectivity index (χ3v) is 9.72. The summed E-state index contributed by atoms with van der Waals surface area (Å²) in [6, 6.07) is 29.6. The quantitative estimate of drug-likeness (QED) is 0.190. The van der Waals surface area contributed by atoms with E-state index in [1.807, 2.05) is 53.1 Å². The highest BCUT2D eigenvalue weighted by molar-refractivity contribution is 9.10. The van der Waals surface area contributed by atoms with Crippen molar-refractivity contribution in [2.24, 2.45) is 4.99 Å². The molecule has 0 bridgehead atoms. The van der Waals surface area contributed by atoms with Crippen molar-refractivity contribution in [2.45, 2.75) is 25.5 Å². The highest BCUT2D eigenvalue weighted by Crippen LogP contribution is 2.41. The van der Waals surface area contributed by atoms with E-state index in [1.165, 1.54) is 22.5 Å². The summed E-state index contributed by atoms with van der Waals surface area (Å²) in [6.45, 7) is 0.307. The van der Waals surface area contributed by atoms with Crippen LogP contribution in [0.4, 0.5) is 0 Å². The van der Waals surface area contributed by atoms with Crippen LogP contribution >= 0.6 is 50.5 Å². The number of aromatic nitrogens is 1. The van der Waals surface area contributed by atoms with Gasteiger partial charge in [-0.2, -0.15) is 0 Å². The molecule has 7 rings (SSSR count). The van der Waals surface area contributed by atoms with Gasteiger partial charge in [0.15, 0.2) is 4.80 Å². The normalized spacial score (nSPS) is 16.0. The summed E-state index contributed by atoms with van der Waals surface area (Å²) in [5.74, 6) is 0.683. The molecule has 1 aliphatic carbocycles. The van der Waals surface area contributed by atoms with E-state index in [2.05, 4.69) is 52.3 Å². The lowest BCUT2D eigenvalue weighted by molar-refractivity contribution is 0.306. The average Bonchev–Trinajstić information content (AvgIpc) is 3.30. The molecule has 1 atom stereocenters. The Hall–Kier alpha value is -3.42. The molecule has 2 heterocycles. The van der Waals surface area contributed by atoms with E-state index in [-0.39, 0.29) is 11.6 Å². The molecule has 1 aromatic heterocycles. The van der Waals surface area contributed by atoms with Crippen LogP contribution in [0.15, 0.2) is 111 Å². The van der Waals surface area contributed by atoms with Crippen molar-refractivity contribution in [2.75, 3.05) is 0 Å². The van der Waals surface area contributed by atoms with Crippen LogP contribution < -0.4 is 19.6 Å². The fourth-order valence-electron chi connectivity index (χ4n) is 5.61. The molecule has 4 nitrogen and oxygen atoms in total. The third-order valence-electron chi connectivity index (χ3n) is 7.62. The molecule has 0 saturated heterocycles. The van der Waals surface area contributed by atoms with Gasteiger partial charge in [0.1, 0.15) is 12.4 Å². The first kappa shape index (κ1) is 27.4. The van der Waals surface area contributed by atoms with E-state index < -0.39 is 0 Å². The lowest BCUT2D eigenvalue weighted by atomic mass is 9.83. The molecule has 2 aliphatic rings. The van der Waals surface area contributed by atoms with Crippen molar-refractivity contribution in [3.63, 3.8) is 0 Å². The van der Waals surface area contributed by atoms with Crippen LogP contribution in [0.25, 0.3) is 11.8 Å². The summed E-state index contributed by atoms with van der Waals surface area (Å²) in [6.07, 6.45) is 3.70. The van der Waals surface area contributed by atoms with Gasteiger partial charge in [0.05, 0.1) is 16.3 Å². The minimum atomic E-state index is -0.210. The Labute approximate surface area is 265 Å². The summed E-state index contributed by atoms with van der Waals surface area (Å²) in [5.41, 5.74) is 7.38. The Kier molecular flexibility index (Phi) is 7.40. The predicted octanol–water partition coefficient (Wildman–Crippen LogP) is 7.97.